The molecular formula is C46H30N2S. The van der Waals surface area contributed by atoms with Gasteiger partial charge in [0.15, 0.2) is 0 Å². The second-order valence-electron chi connectivity index (χ2n) is 12.6. The summed E-state index contributed by atoms with van der Waals surface area (Å²) < 4.78 is 5.04. The van der Waals surface area contributed by atoms with Crippen LogP contribution >= 0.6 is 11.3 Å². The first-order valence-electron chi connectivity index (χ1n) is 16.7. The molecule has 0 N–H and O–H groups in total. The van der Waals surface area contributed by atoms with Gasteiger partial charge in [-0.2, -0.15) is 0 Å². The average molecular weight is 643 g/mol. The van der Waals surface area contributed by atoms with E-state index in [2.05, 4.69) is 191 Å². The lowest BCUT2D eigenvalue weighted by atomic mass is 10.0. The molecule has 0 aliphatic rings. The Morgan fingerprint density at radius 3 is 1.92 bits per heavy atom. The maximum absolute atomic E-state index is 2.44. The molecule has 10 rings (SSSR count). The normalized spacial score (nSPS) is 11.7. The number of hydrogen-bond donors (Lipinski definition) is 0. The topological polar surface area (TPSA) is 8.17 Å². The van der Waals surface area contributed by atoms with E-state index in [1.807, 2.05) is 11.3 Å². The largest absolute Gasteiger partial charge is 0.310 e. The predicted molar refractivity (Wildman–Crippen MR) is 211 cm³/mol. The van der Waals surface area contributed by atoms with Crippen molar-refractivity contribution in [1.82, 2.24) is 4.57 Å². The molecule has 2 heterocycles. The monoisotopic (exact) mass is 642 g/mol. The SMILES string of the molecule is c1ccc(-c2ccc(N(c3ccc4cc5c(cc4c3)sc3ccccc35)c3cccc4c3c3ccccc3n4-c3ccccc3)cc2)cc1. The van der Waals surface area contributed by atoms with E-state index >= 15 is 0 Å². The number of fused-ring (bicyclic) bond motifs is 7. The van der Waals surface area contributed by atoms with Crippen molar-refractivity contribution in [3.8, 4) is 16.8 Å². The summed E-state index contributed by atoms with van der Waals surface area (Å²) in [5.74, 6) is 0. The van der Waals surface area contributed by atoms with Gasteiger partial charge in [0, 0.05) is 48.0 Å². The summed E-state index contributed by atoms with van der Waals surface area (Å²) in [7, 11) is 0. The molecule has 0 amide bonds. The summed E-state index contributed by atoms with van der Waals surface area (Å²) in [5.41, 5.74) is 9.35. The fraction of sp³-hybridized carbons (Fsp3) is 0. The second-order valence-corrected chi connectivity index (χ2v) is 13.7. The third-order valence-corrected chi connectivity index (χ3v) is 10.9. The fourth-order valence-electron chi connectivity index (χ4n) is 7.50. The third-order valence-electron chi connectivity index (χ3n) is 9.74. The molecule has 0 saturated heterocycles. The van der Waals surface area contributed by atoms with Crippen LogP contribution in [0.15, 0.2) is 182 Å². The van der Waals surface area contributed by atoms with E-state index in [0.717, 1.165) is 22.7 Å². The molecule has 0 saturated carbocycles. The lowest BCUT2D eigenvalue weighted by molar-refractivity contribution is 1.18. The minimum Gasteiger partial charge on any atom is -0.310 e. The van der Waals surface area contributed by atoms with Crippen LogP contribution in [0.3, 0.4) is 0 Å². The first-order chi connectivity index (χ1) is 24.3. The van der Waals surface area contributed by atoms with Crippen LogP contribution in [-0.4, -0.2) is 4.57 Å². The van der Waals surface area contributed by atoms with Crippen LogP contribution in [0.25, 0.3) is 69.6 Å². The highest BCUT2D eigenvalue weighted by Gasteiger charge is 2.21. The van der Waals surface area contributed by atoms with Gasteiger partial charge in [0.25, 0.3) is 0 Å². The van der Waals surface area contributed by atoms with Crippen LogP contribution in [0, 0.1) is 0 Å². The molecule has 0 spiro atoms. The molecule has 49 heavy (non-hydrogen) atoms. The lowest BCUT2D eigenvalue weighted by Gasteiger charge is -2.27. The summed E-state index contributed by atoms with van der Waals surface area (Å²) in [6.45, 7) is 0. The van der Waals surface area contributed by atoms with Gasteiger partial charge in [-0.15, -0.1) is 11.3 Å². The van der Waals surface area contributed by atoms with Gasteiger partial charge >= 0.3 is 0 Å². The molecular weight excluding hydrogens is 613 g/mol. The molecule has 8 aromatic carbocycles. The zero-order valence-corrected chi connectivity index (χ0v) is 27.4. The van der Waals surface area contributed by atoms with Crippen molar-refractivity contribution in [2.75, 3.05) is 4.90 Å². The number of nitrogens with zero attached hydrogens (tertiary/aromatic N) is 2. The molecule has 2 aromatic heterocycles. The number of rotatable bonds is 5. The van der Waals surface area contributed by atoms with E-state index in [1.165, 1.54) is 63.9 Å². The summed E-state index contributed by atoms with van der Waals surface area (Å²) in [4.78, 5) is 2.44. The highest BCUT2D eigenvalue weighted by Crippen LogP contribution is 2.45. The maximum Gasteiger partial charge on any atom is 0.0562 e. The number of thiophene rings is 1. The van der Waals surface area contributed by atoms with Crippen molar-refractivity contribution >= 4 is 81.1 Å². The highest BCUT2D eigenvalue weighted by atomic mass is 32.1. The van der Waals surface area contributed by atoms with Crippen molar-refractivity contribution in [2.24, 2.45) is 0 Å². The van der Waals surface area contributed by atoms with Crippen LogP contribution in [-0.2, 0) is 0 Å². The number of aromatic nitrogens is 1. The fourth-order valence-corrected chi connectivity index (χ4v) is 8.63. The van der Waals surface area contributed by atoms with E-state index in [4.69, 9.17) is 0 Å². The Balaban J connectivity index is 1.23. The third kappa shape index (κ3) is 4.55. The van der Waals surface area contributed by atoms with E-state index < -0.39 is 0 Å². The van der Waals surface area contributed by atoms with Crippen LogP contribution in [0.4, 0.5) is 17.1 Å². The summed E-state index contributed by atoms with van der Waals surface area (Å²) in [6, 6.07) is 66.2. The molecule has 10 aromatic rings. The Morgan fingerprint density at radius 2 is 1.08 bits per heavy atom. The Bertz CT molecular complexity index is 2810. The van der Waals surface area contributed by atoms with Crippen molar-refractivity contribution in [1.29, 1.82) is 0 Å². The van der Waals surface area contributed by atoms with E-state index in [1.54, 1.807) is 0 Å². The molecule has 0 aliphatic carbocycles. The summed E-state index contributed by atoms with van der Waals surface area (Å²) >= 11 is 1.87. The second kappa shape index (κ2) is 11.2. The predicted octanol–water partition coefficient (Wildman–Crippen LogP) is 13.4. The molecule has 0 unspecified atom stereocenters. The van der Waals surface area contributed by atoms with E-state index in [9.17, 15) is 0 Å². The number of anilines is 3. The molecule has 0 fully saturated rings. The van der Waals surface area contributed by atoms with Crippen molar-refractivity contribution in [3.05, 3.63) is 182 Å². The van der Waals surface area contributed by atoms with Gasteiger partial charge in [0.2, 0.25) is 0 Å². The van der Waals surface area contributed by atoms with Crippen LogP contribution in [0.5, 0.6) is 0 Å². The van der Waals surface area contributed by atoms with Crippen LogP contribution in [0.2, 0.25) is 0 Å². The molecule has 0 atom stereocenters. The minimum absolute atomic E-state index is 1.12. The van der Waals surface area contributed by atoms with Gasteiger partial charge in [-0.05, 0) is 94.7 Å². The van der Waals surface area contributed by atoms with Crippen molar-refractivity contribution < 1.29 is 0 Å². The number of benzene rings is 8. The van der Waals surface area contributed by atoms with Gasteiger partial charge in [-0.1, -0.05) is 109 Å². The Kier molecular flexibility index (Phi) is 6.39. The molecule has 3 heteroatoms. The number of hydrogen-bond acceptors (Lipinski definition) is 2. The molecule has 0 bridgehead atoms. The lowest BCUT2D eigenvalue weighted by Crippen LogP contribution is -2.10. The highest BCUT2D eigenvalue weighted by molar-refractivity contribution is 7.25. The van der Waals surface area contributed by atoms with Crippen LogP contribution < -0.4 is 4.90 Å². The molecule has 230 valence electrons. The Hall–Kier alpha value is -6.16. The van der Waals surface area contributed by atoms with Gasteiger partial charge in [-0.25, -0.2) is 0 Å². The average Bonchev–Trinajstić information content (AvgIpc) is 3.70. The quantitative estimate of drug-likeness (QED) is 0.181. The summed E-state index contributed by atoms with van der Waals surface area (Å²) in [5, 5.41) is 7.60. The van der Waals surface area contributed by atoms with Gasteiger partial charge in [-0.3, -0.25) is 0 Å². The van der Waals surface area contributed by atoms with Gasteiger partial charge in [0.05, 0.1) is 16.7 Å². The first kappa shape index (κ1) is 27.9. The van der Waals surface area contributed by atoms with Crippen molar-refractivity contribution in [2.45, 2.75) is 0 Å². The molecule has 2 nitrogen and oxygen atoms in total. The van der Waals surface area contributed by atoms with Gasteiger partial charge in [0.1, 0.15) is 0 Å². The minimum atomic E-state index is 1.12. The smallest absolute Gasteiger partial charge is 0.0562 e. The number of para-hydroxylation sites is 2. The maximum atomic E-state index is 2.44. The zero-order valence-electron chi connectivity index (χ0n) is 26.6. The molecule has 0 radical (unpaired) electrons. The summed E-state index contributed by atoms with van der Waals surface area (Å²) in [6.07, 6.45) is 0. The zero-order chi connectivity index (χ0) is 32.3. The van der Waals surface area contributed by atoms with Gasteiger partial charge < -0.3 is 9.47 Å². The van der Waals surface area contributed by atoms with Crippen LogP contribution in [0.1, 0.15) is 0 Å². The van der Waals surface area contributed by atoms with E-state index in [-0.39, 0.29) is 0 Å². The Labute approximate surface area is 288 Å². The van der Waals surface area contributed by atoms with E-state index in [0.29, 0.717) is 0 Å². The Morgan fingerprint density at radius 1 is 0.408 bits per heavy atom. The standard InChI is InChI=1S/C46H30N2S/c1-3-12-31(13-4-1)32-22-25-36(26-23-32)47(37-27-24-33-29-40-38-16-8-10-21-44(38)49-45(40)30-34(33)28-37)42-19-11-20-43-46(42)39-17-7-9-18-41(39)48(43)35-14-5-2-6-15-35/h1-30H. The van der Waals surface area contributed by atoms with Crippen molar-refractivity contribution in [3.63, 3.8) is 0 Å². The molecule has 0 aliphatic heterocycles. The first-order valence-corrected chi connectivity index (χ1v) is 17.5.